The van der Waals surface area contributed by atoms with E-state index in [-0.39, 0.29) is 5.56 Å². The Morgan fingerprint density at radius 1 is 1.35 bits per heavy atom. The molecule has 0 aliphatic rings. The molecule has 0 heterocycles. The summed E-state index contributed by atoms with van der Waals surface area (Å²) in [5, 5.41) is 19.8. The van der Waals surface area contributed by atoms with Crippen LogP contribution in [0, 0.1) is 0 Å². The zero-order valence-corrected chi connectivity index (χ0v) is 11.3. The average molecular weight is 283 g/mol. The molecule has 0 saturated heterocycles. The van der Waals surface area contributed by atoms with Crippen molar-refractivity contribution in [1.82, 2.24) is 5.32 Å². The van der Waals surface area contributed by atoms with Gasteiger partial charge in [-0.25, -0.2) is 4.79 Å². The number of carbonyl (C=O) groups is 2. The first-order valence-electron chi connectivity index (χ1n) is 5.98. The number of ether oxygens (including phenoxy) is 2. The van der Waals surface area contributed by atoms with E-state index in [4.69, 9.17) is 19.7 Å². The highest BCUT2D eigenvalue weighted by Crippen LogP contribution is 2.27. The van der Waals surface area contributed by atoms with Crippen molar-refractivity contribution >= 4 is 11.9 Å². The molecular weight excluding hydrogens is 266 g/mol. The van der Waals surface area contributed by atoms with Crippen LogP contribution in [0.5, 0.6) is 11.5 Å². The lowest BCUT2D eigenvalue weighted by Gasteiger charge is -2.13. The van der Waals surface area contributed by atoms with Crippen molar-refractivity contribution in [3.8, 4) is 11.5 Å². The van der Waals surface area contributed by atoms with E-state index >= 15 is 0 Å². The van der Waals surface area contributed by atoms with Crippen molar-refractivity contribution < 1.29 is 29.3 Å². The minimum absolute atomic E-state index is 0.213. The van der Waals surface area contributed by atoms with Crippen molar-refractivity contribution in [2.45, 2.75) is 13.0 Å². The lowest BCUT2D eigenvalue weighted by molar-refractivity contribution is -0.140. The summed E-state index contributed by atoms with van der Waals surface area (Å²) in [7, 11) is 1.44. The number of aliphatic hydroxyl groups excluding tert-OH is 1. The Balaban J connectivity index is 2.91. The van der Waals surface area contributed by atoms with Crippen LogP contribution in [0.15, 0.2) is 18.2 Å². The number of amides is 1. The Labute approximate surface area is 116 Å². The van der Waals surface area contributed by atoms with Crippen LogP contribution >= 0.6 is 0 Å². The van der Waals surface area contributed by atoms with Gasteiger partial charge in [0.15, 0.2) is 17.5 Å². The van der Waals surface area contributed by atoms with Crippen molar-refractivity contribution in [3.05, 3.63) is 23.8 Å². The van der Waals surface area contributed by atoms with Crippen LogP contribution in [-0.4, -0.2) is 48.5 Å². The fourth-order valence-electron chi connectivity index (χ4n) is 1.51. The number of hydrogen-bond acceptors (Lipinski definition) is 5. The maximum atomic E-state index is 11.9. The second kappa shape index (κ2) is 7.34. The molecule has 0 unspecified atom stereocenters. The summed E-state index contributed by atoms with van der Waals surface area (Å²) < 4.78 is 10.4. The van der Waals surface area contributed by atoms with Crippen LogP contribution in [0.4, 0.5) is 0 Å². The van der Waals surface area contributed by atoms with E-state index in [1.165, 1.54) is 19.2 Å². The monoisotopic (exact) mass is 283 g/mol. The standard InChI is InChI=1S/C13H17NO6/c1-3-20-10-5-4-8(6-11(10)19-2)12(16)14-9(7-15)13(17)18/h4-6,9,15H,3,7H2,1-2H3,(H,14,16)(H,17,18)/t9-/m0/s1. The second-order valence-corrected chi connectivity index (χ2v) is 3.85. The number of nitrogens with one attached hydrogen (secondary N) is 1. The molecule has 0 aliphatic carbocycles. The second-order valence-electron chi connectivity index (χ2n) is 3.85. The summed E-state index contributed by atoms with van der Waals surface area (Å²) in [6.45, 7) is 1.58. The third-order valence-electron chi connectivity index (χ3n) is 2.51. The topological polar surface area (TPSA) is 105 Å². The minimum Gasteiger partial charge on any atom is -0.493 e. The zero-order valence-electron chi connectivity index (χ0n) is 11.3. The molecule has 1 rings (SSSR count). The lowest BCUT2D eigenvalue weighted by atomic mass is 10.1. The maximum Gasteiger partial charge on any atom is 0.328 e. The minimum atomic E-state index is -1.35. The zero-order chi connectivity index (χ0) is 15.1. The Hall–Kier alpha value is -2.28. The Bertz CT molecular complexity index is 488. The van der Waals surface area contributed by atoms with E-state index in [9.17, 15) is 9.59 Å². The van der Waals surface area contributed by atoms with E-state index in [1.54, 1.807) is 6.07 Å². The van der Waals surface area contributed by atoms with Gasteiger partial charge in [0.1, 0.15) is 0 Å². The number of benzene rings is 1. The van der Waals surface area contributed by atoms with Gasteiger partial charge < -0.3 is 25.0 Å². The van der Waals surface area contributed by atoms with Crippen molar-refractivity contribution in [3.63, 3.8) is 0 Å². The van der Waals surface area contributed by atoms with Crippen molar-refractivity contribution in [2.24, 2.45) is 0 Å². The average Bonchev–Trinajstić information content (AvgIpc) is 2.44. The predicted octanol–water partition coefficient (Wildman–Crippen LogP) is 0.269. The van der Waals surface area contributed by atoms with E-state index < -0.39 is 24.5 Å². The molecule has 0 spiro atoms. The predicted molar refractivity (Wildman–Crippen MR) is 70.1 cm³/mol. The van der Waals surface area contributed by atoms with Crippen LogP contribution in [0.3, 0.4) is 0 Å². The van der Waals surface area contributed by atoms with Crippen LogP contribution < -0.4 is 14.8 Å². The van der Waals surface area contributed by atoms with E-state index in [2.05, 4.69) is 5.32 Å². The first-order chi connectivity index (χ1) is 9.53. The Kier molecular flexibility index (Phi) is 5.79. The SMILES string of the molecule is CCOc1ccc(C(=O)N[C@@H](CO)C(=O)O)cc1OC. The van der Waals surface area contributed by atoms with Gasteiger partial charge in [0, 0.05) is 5.56 Å². The summed E-state index contributed by atoms with van der Waals surface area (Å²) in [4.78, 5) is 22.6. The molecule has 1 atom stereocenters. The molecule has 1 amide bonds. The summed E-state index contributed by atoms with van der Waals surface area (Å²) >= 11 is 0. The molecule has 1 aromatic rings. The number of rotatable bonds is 7. The molecule has 110 valence electrons. The smallest absolute Gasteiger partial charge is 0.328 e. The first-order valence-corrected chi connectivity index (χ1v) is 5.98. The maximum absolute atomic E-state index is 11.9. The number of carboxylic acids is 1. The molecule has 0 fully saturated rings. The quantitative estimate of drug-likeness (QED) is 0.663. The van der Waals surface area contributed by atoms with Crippen LogP contribution in [-0.2, 0) is 4.79 Å². The van der Waals surface area contributed by atoms with Gasteiger partial charge in [-0.05, 0) is 25.1 Å². The van der Waals surface area contributed by atoms with Crippen LogP contribution in [0.2, 0.25) is 0 Å². The van der Waals surface area contributed by atoms with Gasteiger partial charge in [-0.15, -0.1) is 0 Å². The largest absolute Gasteiger partial charge is 0.493 e. The number of hydrogen-bond donors (Lipinski definition) is 3. The molecule has 0 radical (unpaired) electrons. The molecule has 3 N–H and O–H groups in total. The highest BCUT2D eigenvalue weighted by Gasteiger charge is 2.20. The molecule has 0 aliphatic heterocycles. The molecule has 7 heteroatoms. The van der Waals surface area contributed by atoms with E-state index in [1.807, 2.05) is 6.92 Å². The molecule has 20 heavy (non-hydrogen) atoms. The summed E-state index contributed by atoms with van der Waals surface area (Å²) in [5.74, 6) is -1.06. The normalized spacial score (nSPS) is 11.6. The van der Waals surface area contributed by atoms with Crippen LogP contribution in [0.25, 0.3) is 0 Å². The number of carbonyl (C=O) groups excluding carboxylic acids is 1. The highest BCUT2D eigenvalue weighted by atomic mass is 16.5. The van der Waals surface area contributed by atoms with Crippen molar-refractivity contribution in [2.75, 3.05) is 20.3 Å². The number of aliphatic hydroxyl groups is 1. The molecule has 0 saturated carbocycles. The van der Waals surface area contributed by atoms with Gasteiger partial charge in [0.2, 0.25) is 0 Å². The molecule has 7 nitrogen and oxygen atoms in total. The van der Waals surface area contributed by atoms with Gasteiger partial charge in [0.05, 0.1) is 20.3 Å². The molecule has 0 bridgehead atoms. The Morgan fingerprint density at radius 2 is 2.05 bits per heavy atom. The molecule has 0 aromatic heterocycles. The third kappa shape index (κ3) is 3.86. The number of aliphatic carboxylic acids is 1. The fraction of sp³-hybridized carbons (Fsp3) is 0.385. The number of methoxy groups -OCH3 is 1. The van der Waals surface area contributed by atoms with Crippen LogP contribution in [0.1, 0.15) is 17.3 Å². The lowest BCUT2D eigenvalue weighted by Crippen LogP contribution is -2.43. The van der Waals surface area contributed by atoms with E-state index in [0.717, 1.165) is 0 Å². The van der Waals surface area contributed by atoms with Gasteiger partial charge in [0.25, 0.3) is 5.91 Å². The molecule has 1 aromatic carbocycles. The summed E-state index contributed by atoms with van der Waals surface area (Å²) in [6.07, 6.45) is 0. The van der Waals surface area contributed by atoms with Gasteiger partial charge in [-0.2, -0.15) is 0 Å². The van der Waals surface area contributed by atoms with Gasteiger partial charge >= 0.3 is 5.97 Å². The van der Waals surface area contributed by atoms with E-state index in [0.29, 0.717) is 18.1 Å². The van der Waals surface area contributed by atoms with Gasteiger partial charge in [-0.3, -0.25) is 4.79 Å². The fourth-order valence-corrected chi connectivity index (χ4v) is 1.51. The third-order valence-corrected chi connectivity index (χ3v) is 2.51. The highest BCUT2D eigenvalue weighted by molar-refractivity contribution is 5.97. The molecular formula is C13H17NO6. The Morgan fingerprint density at radius 3 is 2.55 bits per heavy atom. The van der Waals surface area contributed by atoms with Crippen molar-refractivity contribution in [1.29, 1.82) is 0 Å². The number of carboxylic acid groups (broad SMARTS) is 1. The first kappa shape index (κ1) is 15.8. The summed E-state index contributed by atoms with van der Waals surface area (Å²) in [5.41, 5.74) is 0.213. The summed E-state index contributed by atoms with van der Waals surface area (Å²) in [6, 6.07) is 3.14. The van der Waals surface area contributed by atoms with Gasteiger partial charge in [-0.1, -0.05) is 0 Å².